The summed E-state index contributed by atoms with van der Waals surface area (Å²) in [5.41, 5.74) is 0.723. The lowest BCUT2D eigenvalue weighted by Crippen LogP contribution is -2.24. The number of urea groups is 1. The second kappa shape index (κ2) is 9.63. The molecule has 4 aromatic rings. The quantitative estimate of drug-likeness (QED) is 0.377. The number of anilines is 2. The Kier molecular flexibility index (Phi) is 6.44. The van der Waals surface area contributed by atoms with Crippen molar-refractivity contribution >= 4 is 17.5 Å². The van der Waals surface area contributed by atoms with Gasteiger partial charge in [0.05, 0.1) is 18.4 Å². The molecule has 0 radical (unpaired) electrons. The van der Waals surface area contributed by atoms with Gasteiger partial charge in [-0.05, 0) is 54.1 Å². The average molecular weight is 485 g/mol. The number of pyridine rings is 1. The number of amides is 2. The Bertz CT molecular complexity index is 1380. The molecule has 0 aliphatic carbocycles. The van der Waals surface area contributed by atoms with E-state index in [1.54, 1.807) is 36.4 Å². The van der Waals surface area contributed by atoms with Gasteiger partial charge in [0, 0.05) is 11.9 Å². The summed E-state index contributed by atoms with van der Waals surface area (Å²) in [7, 11) is 0. The topological polar surface area (TPSA) is 110 Å². The van der Waals surface area contributed by atoms with E-state index in [9.17, 15) is 27.9 Å². The molecule has 0 aliphatic heterocycles. The SMILES string of the molecule is O=C(Nc1ccccc1)Nc1cc(Cn2cc(O)n(-c3ccc(OC(F)(F)F)cc3)c2=O)ccn1. The number of rotatable bonds is 6. The number of aromatic nitrogens is 3. The third kappa shape index (κ3) is 5.99. The molecule has 0 aliphatic rings. The average Bonchev–Trinajstić information content (AvgIpc) is 3.07. The Hall–Kier alpha value is -4.74. The van der Waals surface area contributed by atoms with Gasteiger partial charge in [0.2, 0.25) is 5.88 Å². The van der Waals surface area contributed by atoms with Crippen LogP contribution in [0.25, 0.3) is 5.69 Å². The van der Waals surface area contributed by atoms with Gasteiger partial charge in [0.25, 0.3) is 0 Å². The van der Waals surface area contributed by atoms with Crippen LogP contribution in [0.1, 0.15) is 5.56 Å². The van der Waals surface area contributed by atoms with Gasteiger partial charge in [0.1, 0.15) is 11.6 Å². The lowest BCUT2D eigenvalue weighted by atomic mass is 10.2. The Labute approximate surface area is 196 Å². The summed E-state index contributed by atoms with van der Waals surface area (Å²) in [5, 5.41) is 15.5. The molecule has 0 atom stereocenters. The standard InChI is InChI=1S/C23H18F3N5O4/c24-23(25,26)35-18-8-6-17(7-9-18)31-20(32)14-30(22(31)34)13-15-10-11-27-19(12-15)29-21(33)28-16-4-2-1-3-5-16/h1-12,14,32H,13H2,(H2,27,28,29,33). The van der Waals surface area contributed by atoms with Crippen LogP contribution in [0.5, 0.6) is 11.6 Å². The number of aromatic hydroxyl groups is 1. The van der Waals surface area contributed by atoms with Gasteiger partial charge in [-0.3, -0.25) is 9.88 Å². The first-order chi connectivity index (χ1) is 16.7. The molecule has 3 N–H and O–H groups in total. The van der Waals surface area contributed by atoms with Crippen LogP contribution >= 0.6 is 0 Å². The molecule has 35 heavy (non-hydrogen) atoms. The first-order valence-corrected chi connectivity index (χ1v) is 10.1. The van der Waals surface area contributed by atoms with Gasteiger partial charge in [-0.15, -0.1) is 13.2 Å². The third-order valence-electron chi connectivity index (χ3n) is 4.72. The summed E-state index contributed by atoms with van der Waals surface area (Å²) in [6.45, 7) is 0.0339. The lowest BCUT2D eigenvalue weighted by molar-refractivity contribution is -0.274. The zero-order chi connectivity index (χ0) is 25.0. The highest BCUT2D eigenvalue weighted by Gasteiger charge is 2.31. The minimum Gasteiger partial charge on any atom is -0.493 e. The molecule has 0 saturated carbocycles. The van der Waals surface area contributed by atoms with Crippen LogP contribution in [0.4, 0.5) is 29.5 Å². The van der Waals surface area contributed by atoms with E-state index in [0.717, 1.165) is 16.7 Å². The van der Waals surface area contributed by atoms with E-state index in [1.807, 2.05) is 6.07 Å². The highest BCUT2D eigenvalue weighted by atomic mass is 19.4. The number of nitrogens with one attached hydrogen (secondary N) is 2. The van der Waals surface area contributed by atoms with Crippen LogP contribution in [-0.4, -0.2) is 31.6 Å². The number of carbonyl (C=O) groups excluding carboxylic acids is 1. The zero-order valence-corrected chi connectivity index (χ0v) is 17.9. The van der Waals surface area contributed by atoms with Crippen molar-refractivity contribution in [1.29, 1.82) is 0 Å². The zero-order valence-electron chi connectivity index (χ0n) is 17.9. The van der Waals surface area contributed by atoms with Gasteiger partial charge < -0.3 is 15.2 Å². The van der Waals surface area contributed by atoms with E-state index in [2.05, 4.69) is 20.4 Å². The maximum atomic E-state index is 12.8. The monoisotopic (exact) mass is 485 g/mol. The summed E-state index contributed by atoms with van der Waals surface area (Å²) >= 11 is 0. The summed E-state index contributed by atoms with van der Waals surface area (Å²) in [6.07, 6.45) is -2.20. The molecule has 0 saturated heterocycles. The number of para-hydroxylation sites is 1. The van der Waals surface area contributed by atoms with Crippen LogP contribution in [0, 0.1) is 0 Å². The Morgan fingerprint density at radius 1 is 1.03 bits per heavy atom. The van der Waals surface area contributed by atoms with Crippen molar-refractivity contribution in [2.24, 2.45) is 0 Å². The van der Waals surface area contributed by atoms with E-state index in [-0.39, 0.29) is 18.1 Å². The summed E-state index contributed by atoms with van der Waals surface area (Å²) in [4.78, 5) is 29.1. The van der Waals surface area contributed by atoms with Crippen LogP contribution in [0.3, 0.4) is 0 Å². The Morgan fingerprint density at radius 2 is 1.74 bits per heavy atom. The number of alkyl halides is 3. The van der Waals surface area contributed by atoms with Gasteiger partial charge in [0.15, 0.2) is 0 Å². The van der Waals surface area contributed by atoms with Crippen molar-refractivity contribution in [2.45, 2.75) is 12.9 Å². The number of imidazole rings is 1. The largest absolute Gasteiger partial charge is 0.573 e. The van der Waals surface area contributed by atoms with Crippen molar-refractivity contribution in [1.82, 2.24) is 14.1 Å². The molecule has 2 heterocycles. The number of nitrogens with zero attached hydrogens (tertiary/aromatic N) is 3. The number of hydrogen-bond donors (Lipinski definition) is 3. The second-order valence-electron chi connectivity index (χ2n) is 7.27. The van der Waals surface area contributed by atoms with Crippen molar-refractivity contribution in [3.05, 3.63) is 95.2 Å². The number of benzene rings is 2. The fraction of sp³-hybridized carbons (Fsp3) is 0.0870. The molecular weight excluding hydrogens is 467 g/mol. The normalized spacial score (nSPS) is 11.2. The van der Waals surface area contributed by atoms with Crippen molar-refractivity contribution in [2.75, 3.05) is 10.6 Å². The fourth-order valence-corrected chi connectivity index (χ4v) is 3.27. The molecule has 0 fully saturated rings. The third-order valence-corrected chi connectivity index (χ3v) is 4.72. The van der Waals surface area contributed by atoms with E-state index < -0.39 is 29.7 Å². The molecule has 0 spiro atoms. The predicted molar refractivity (Wildman–Crippen MR) is 121 cm³/mol. The molecule has 0 bridgehead atoms. The van der Waals surface area contributed by atoms with Crippen LogP contribution in [-0.2, 0) is 6.54 Å². The second-order valence-corrected chi connectivity index (χ2v) is 7.27. The Balaban J connectivity index is 1.48. The van der Waals surface area contributed by atoms with Gasteiger partial charge in [-0.1, -0.05) is 18.2 Å². The highest BCUT2D eigenvalue weighted by molar-refractivity contribution is 5.99. The molecule has 2 aromatic carbocycles. The lowest BCUT2D eigenvalue weighted by Gasteiger charge is -2.09. The molecule has 4 rings (SSSR count). The molecule has 9 nitrogen and oxygen atoms in total. The first-order valence-electron chi connectivity index (χ1n) is 10.1. The fourth-order valence-electron chi connectivity index (χ4n) is 3.27. The molecular formula is C23H18F3N5O4. The van der Waals surface area contributed by atoms with Crippen LogP contribution in [0.15, 0.2) is 83.9 Å². The molecule has 2 amide bonds. The summed E-state index contributed by atoms with van der Waals surface area (Å²) in [6, 6.07) is 16.0. The van der Waals surface area contributed by atoms with E-state index in [4.69, 9.17) is 0 Å². The van der Waals surface area contributed by atoms with E-state index >= 15 is 0 Å². The van der Waals surface area contributed by atoms with E-state index in [1.165, 1.54) is 29.1 Å². The number of carbonyl (C=O) groups is 1. The Morgan fingerprint density at radius 3 is 2.43 bits per heavy atom. The minimum atomic E-state index is -4.84. The van der Waals surface area contributed by atoms with Gasteiger partial charge in [-0.2, -0.15) is 0 Å². The number of hydrogen-bond acceptors (Lipinski definition) is 5. The van der Waals surface area contributed by atoms with Crippen LogP contribution < -0.4 is 21.1 Å². The minimum absolute atomic E-state index is 0.0339. The van der Waals surface area contributed by atoms with Gasteiger partial charge in [-0.25, -0.2) is 19.1 Å². The molecule has 180 valence electrons. The van der Waals surface area contributed by atoms with Gasteiger partial charge >= 0.3 is 18.1 Å². The molecule has 12 heteroatoms. The number of ether oxygens (including phenoxy) is 1. The summed E-state index contributed by atoms with van der Waals surface area (Å²) in [5.74, 6) is -0.622. The predicted octanol–water partition coefficient (Wildman–Crippen LogP) is 4.33. The van der Waals surface area contributed by atoms with Crippen molar-refractivity contribution < 1.29 is 27.8 Å². The number of halogens is 3. The summed E-state index contributed by atoms with van der Waals surface area (Å²) < 4.78 is 43.0. The van der Waals surface area contributed by atoms with Crippen LogP contribution in [0.2, 0.25) is 0 Å². The first kappa shape index (κ1) is 23.4. The maximum absolute atomic E-state index is 12.8. The smallest absolute Gasteiger partial charge is 0.493 e. The van der Waals surface area contributed by atoms with Crippen molar-refractivity contribution in [3.63, 3.8) is 0 Å². The molecule has 2 aromatic heterocycles. The maximum Gasteiger partial charge on any atom is 0.573 e. The van der Waals surface area contributed by atoms with E-state index in [0.29, 0.717) is 11.3 Å². The highest BCUT2D eigenvalue weighted by Crippen LogP contribution is 2.24. The molecule has 0 unspecified atom stereocenters. The van der Waals surface area contributed by atoms with Crippen molar-refractivity contribution in [3.8, 4) is 17.3 Å².